The lowest BCUT2D eigenvalue weighted by molar-refractivity contribution is 1.13. The number of benzene rings is 7. The third kappa shape index (κ3) is 8.84. The quantitative estimate of drug-likeness (QED) is 0.0706. The Hall–Kier alpha value is -7.80. The van der Waals surface area contributed by atoms with Crippen molar-refractivity contribution in [3.8, 4) is 6.07 Å². The second-order valence-electron chi connectivity index (χ2n) is 14.2. The molecule has 7 aromatic rings. The molecule has 0 N–H and O–H groups in total. The van der Waals surface area contributed by atoms with Crippen molar-refractivity contribution in [2.45, 2.75) is 0 Å². The second-order valence-corrected chi connectivity index (χ2v) is 14.2. The Labute approximate surface area is 342 Å². The summed E-state index contributed by atoms with van der Waals surface area (Å²) < 4.78 is 0. The van der Waals surface area contributed by atoms with Gasteiger partial charge in [0.25, 0.3) is 0 Å². The van der Waals surface area contributed by atoms with Gasteiger partial charge in [0.15, 0.2) is 5.70 Å². The molecule has 0 aromatic heterocycles. The van der Waals surface area contributed by atoms with Crippen LogP contribution in [0.2, 0.25) is 0 Å². The number of rotatable bonds is 12. The first-order valence-electron chi connectivity index (χ1n) is 19.1. The smallest absolute Gasteiger partial charge is 0.194 e. The van der Waals surface area contributed by atoms with Gasteiger partial charge in [-0.3, -0.25) is 0 Å². The molecule has 0 saturated heterocycles. The maximum atomic E-state index is 10.2. The fraction of sp³-hybridized carbons (Fsp3) is 0.0769. The van der Waals surface area contributed by atoms with Gasteiger partial charge in [-0.25, -0.2) is 4.85 Å². The monoisotopic (exact) mass is 752 g/mol. The highest BCUT2D eigenvalue weighted by Crippen LogP contribution is 2.37. The van der Waals surface area contributed by atoms with Gasteiger partial charge in [-0.15, -0.1) is 0 Å². The zero-order valence-electron chi connectivity index (χ0n) is 33.2. The average molecular weight is 753 g/mol. The minimum absolute atomic E-state index is 0.524. The number of anilines is 8. The van der Waals surface area contributed by atoms with Crippen LogP contribution >= 0.6 is 0 Å². The van der Waals surface area contributed by atoms with Crippen LogP contribution in [-0.4, -0.2) is 28.2 Å². The molecule has 58 heavy (non-hydrogen) atoms. The minimum Gasteiger partial charge on any atom is -0.378 e. The molecule has 0 heterocycles. The van der Waals surface area contributed by atoms with Crippen molar-refractivity contribution < 1.29 is 0 Å². The van der Waals surface area contributed by atoms with Crippen LogP contribution in [0, 0.1) is 17.9 Å². The standard InChI is InChI=1S/C52H44N6/c1-54-52(37-40-18-26-49(27-19-40)58(47-14-10-7-11-15-47)51-34-30-45(31-35-51)56(4)5)42-22-20-41(21-23-42)43(38-53)36-39-16-24-48(25-17-39)57(46-12-8-6-9-13-46)50-32-28-44(29-33-50)55(2)3/h6-37H,2-5H3/b43-36+,52-37-. The highest BCUT2D eigenvalue weighted by Gasteiger charge is 2.15. The van der Waals surface area contributed by atoms with Crippen LogP contribution < -0.4 is 19.6 Å². The van der Waals surface area contributed by atoms with Crippen molar-refractivity contribution in [3.63, 3.8) is 0 Å². The van der Waals surface area contributed by atoms with Crippen LogP contribution in [0.4, 0.5) is 45.5 Å². The normalized spacial score (nSPS) is 11.3. The highest BCUT2D eigenvalue weighted by atomic mass is 15.1. The fourth-order valence-electron chi connectivity index (χ4n) is 6.79. The molecule has 0 atom stereocenters. The summed E-state index contributed by atoms with van der Waals surface area (Å²) in [5.74, 6) is 0. The molecule has 0 spiro atoms. The van der Waals surface area contributed by atoms with Crippen LogP contribution in [0.25, 0.3) is 28.3 Å². The van der Waals surface area contributed by atoms with Crippen LogP contribution in [0.3, 0.4) is 0 Å². The molecule has 0 saturated carbocycles. The SMILES string of the molecule is [C-]#[N+]/C(=C\c1ccc(N(c2ccccc2)c2ccc(N(C)C)cc2)cc1)c1ccc(/C(C#N)=C/c2ccc(N(c3ccccc3)c3ccc(N(C)C)cc3)cc2)cc1. The largest absolute Gasteiger partial charge is 0.378 e. The van der Waals surface area contributed by atoms with Crippen LogP contribution in [-0.2, 0) is 0 Å². The predicted molar refractivity (Wildman–Crippen MR) is 245 cm³/mol. The summed E-state index contributed by atoms with van der Waals surface area (Å²) in [5, 5.41) is 10.2. The van der Waals surface area contributed by atoms with E-state index in [2.05, 4.69) is 128 Å². The van der Waals surface area contributed by atoms with Crippen molar-refractivity contribution in [1.82, 2.24) is 0 Å². The Kier molecular flexibility index (Phi) is 11.8. The predicted octanol–water partition coefficient (Wildman–Crippen LogP) is 13.2. The summed E-state index contributed by atoms with van der Waals surface area (Å²) in [5.41, 5.74) is 13.0. The Morgan fingerprint density at radius 1 is 0.431 bits per heavy atom. The minimum atomic E-state index is 0.524. The molecule has 6 nitrogen and oxygen atoms in total. The Morgan fingerprint density at radius 3 is 1.12 bits per heavy atom. The van der Waals surface area contributed by atoms with Gasteiger partial charge >= 0.3 is 0 Å². The number of hydrogen-bond acceptors (Lipinski definition) is 5. The Morgan fingerprint density at radius 2 is 0.759 bits per heavy atom. The summed E-state index contributed by atoms with van der Waals surface area (Å²) in [7, 11) is 8.15. The highest BCUT2D eigenvalue weighted by molar-refractivity contribution is 5.92. The first kappa shape index (κ1) is 38.5. The van der Waals surface area contributed by atoms with Gasteiger partial charge in [-0.05, 0) is 131 Å². The first-order valence-corrected chi connectivity index (χ1v) is 19.1. The van der Waals surface area contributed by atoms with Crippen molar-refractivity contribution in [1.29, 1.82) is 5.26 Å². The molecular formula is C52H44N6. The van der Waals surface area contributed by atoms with E-state index >= 15 is 0 Å². The summed E-state index contributed by atoms with van der Waals surface area (Å²) >= 11 is 0. The summed E-state index contributed by atoms with van der Waals surface area (Å²) in [6, 6.07) is 64.1. The van der Waals surface area contributed by atoms with E-state index in [1.165, 1.54) is 0 Å². The van der Waals surface area contributed by atoms with E-state index in [1.54, 1.807) is 0 Å². The van der Waals surface area contributed by atoms with Crippen molar-refractivity contribution in [2.75, 3.05) is 47.8 Å². The van der Waals surface area contributed by atoms with Crippen molar-refractivity contribution in [2.24, 2.45) is 0 Å². The Bertz CT molecular complexity index is 2390. The van der Waals surface area contributed by atoms with Gasteiger partial charge in [0.05, 0.1) is 18.2 Å². The molecule has 0 aliphatic carbocycles. The average Bonchev–Trinajstić information content (AvgIpc) is 3.27. The van der Waals surface area contributed by atoms with E-state index in [0.29, 0.717) is 11.3 Å². The van der Waals surface area contributed by atoms with E-state index in [4.69, 9.17) is 6.57 Å². The lowest BCUT2D eigenvalue weighted by Gasteiger charge is -2.26. The molecule has 0 bridgehead atoms. The third-order valence-electron chi connectivity index (χ3n) is 9.93. The molecule has 0 radical (unpaired) electrons. The number of hydrogen-bond donors (Lipinski definition) is 0. The molecule has 6 heteroatoms. The van der Waals surface area contributed by atoms with Crippen LogP contribution in [0.5, 0.6) is 0 Å². The Balaban J connectivity index is 1.10. The van der Waals surface area contributed by atoms with E-state index in [1.807, 2.05) is 125 Å². The zero-order chi connectivity index (χ0) is 40.4. The van der Waals surface area contributed by atoms with Gasteiger partial charge in [0.1, 0.15) is 0 Å². The van der Waals surface area contributed by atoms with Gasteiger partial charge in [-0.2, -0.15) is 5.26 Å². The maximum absolute atomic E-state index is 10.2. The second kappa shape index (κ2) is 17.8. The molecule has 0 fully saturated rings. The number of nitriles is 1. The van der Waals surface area contributed by atoms with E-state index in [0.717, 1.165) is 67.8 Å². The molecular weight excluding hydrogens is 709 g/mol. The molecule has 282 valence electrons. The molecule has 7 aromatic carbocycles. The number of para-hydroxylation sites is 2. The summed E-state index contributed by atoms with van der Waals surface area (Å²) in [6.45, 7) is 8.01. The summed E-state index contributed by atoms with van der Waals surface area (Å²) in [4.78, 5) is 12.5. The topological polar surface area (TPSA) is 41.1 Å². The molecule has 0 aliphatic rings. The van der Waals surface area contributed by atoms with Gasteiger partial charge in [-0.1, -0.05) is 84.9 Å². The van der Waals surface area contributed by atoms with Crippen molar-refractivity contribution >= 4 is 68.9 Å². The lowest BCUT2D eigenvalue weighted by Crippen LogP contribution is -2.11. The lowest BCUT2D eigenvalue weighted by atomic mass is 10.0. The van der Waals surface area contributed by atoms with Gasteiger partial charge in [0.2, 0.25) is 0 Å². The number of nitrogens with zero attached hydrogens (tertiary/aromatic N) is 6. The van der Waals surface area contributed by atoms with Gasteiger partial charge in [0, 0.05) is 73.7 Å². The van der Waals surface area contributed by atoms with Crippen LogP contribution in [0.15, 0.2) is 182 Å². The molecule has 0 amide bonds. The van der Waals surface area contributed by atoms with E-state index in [-0.39, 0.29) is 0 Å². The molecule has 0 unspecified atom stereocenters. The summed E-state index contributed by atoms with van der Waals surface area (Å²) in [6.07, 6.45) is 3.81. The van der Waals surface area contributed by atoms with E-state index in [9.17, 15) is 5.26 Å². The van der Waals surface area contributed by atoms with Crippen LogP contribution in [0.1, 0.15) is 22.3 Å². The first-order chi connectivity index (χ1) is 28.3. The van der Waals surface area contributed by atoms with E-state index < -0.39 is 0 Å². The molecule has 0 aliphatic heterocycles. The third-order valence-corrected chi connectivity index (χ3v) is 9.93. The number of allylic oxidation sites excluding steroid dienone is 1. The fourth-order valence-corrected chi connectivity index (χ4v) is 6.79. The molecule has 7 rings (SSSR count). The van der Waals surface area contributed by atoms with Gasteiger partial charge < -0.3 is 19.6 Å². The zero-order valence-corrected chi connectivity index (χ0v) is 33.2. The van der Waals surface area contributed by atoms with Crippen molar-refractivity contribution in [3.05, 3.63) is 216 Å². The maximum Gasteiger partial charge on any atom is 0.194 e.